The molecule has 0 saturated heterocycles. The molecule has 3 heteroatoms. The van der Waals surface area contributed by atoms with Crippen LogP contribution < -0.4 is 5.32 Å². The first-order valence-electron chi connectivity index (χ1n) is 5.61. The maximum Gasteiger partial charge on any atom is 0.0810 e. The summed E-state index contributed by atoms with van der Waals surface area (Å²) in [5, 5.41) is 3.33. The van der Waals surface area contributed by atoms with Gasteiger partial charge in [-0.3, -0.25) is 0 Å². The summed E-state index contributed by atoms with van der Waals surface area (Å²) in [4.78, 5) is 2.77. The van der Waals surface area contributed by atoms with Crippen molar-refractivity contribution >= 4 is 11.3 Å². The van der Waals surface area contributed by atoms with E-state index in [-0.39, 0.29) is 0 Å². The first kappa shape index (κ1) is 12.7. The summed E-state index contributed by atoms with van der Waals surface area (Å²) < 4.78 is 5.58. The number of ether oxygens (including phenoxy) is 1. The third-order valence-electron chi connectivity index (χ3n) is 2.11. The molecule has 1 aromatic heterocycles. The van der Waals surface area contributed by atoms with Crippen molar-refractivity contribution in [1.82, 2.24) is 5.32 Å². The quantitative estimate of drug-likeness (QED) is 0.723. The lowest BCUT2D eigenvalue weighted by Gasteiger charge is -2.07. The Kier molecular flexibility index (Phi) is 5.91. The minimum absolute atomic E-state index is 0.544. The zero-order valence-electron chi connectivity index (χ0n) is 9.88. The molecule has 0 aromatic carbocycles. The molecule has 2 nitrogen and oxygen atoms in total. The maximum absolute atomic E-state index is 5.58. The number of hydrogen-bond acceptors (Lipinski definition) is 3. The molecule has 0 atom stereocenters. The van der Waals surface area contributed by atoms with Gasteiger partial charge in [-0.1, -0.05) is 20.8 Å². The van der Waals surface area contributed by atoms with E-state index in [2.05, 4.69) is 38.2 Å². The Hall–Kier alpha value is -0.380. The van der Waals surface area contributed by atoms with Gasteiger partial charge in [0.05, 0.1) is 13.2 Å². The minimum Gasteiger partial charge on any atom is -0.375 e. The van der Waals surface area contributed by atoms with E-state index in [4.69, 9.17) is 4.74 Å². The van der Waals surface area contributed by atoms with Gasteiger partial charge in [0.1, 0.15) is 0 Å². The van der Waals surface area contributed by atoms with Crippen LogP contribution in [0.3, 0.4) is 0 Å². The summed E-state index contributed by atoms with van der Waals surface area (Å²) in [5.74, 6) is 0. The van der Waals surface area contributed by atoms with Crippen LogP contribution in [-0.2, 0) is 17.8 Å². The van der Waals surface area contributed by atoms with Gasteiger partial charge in [0.15, 0.2) is 0 Å². The summed E-state index contributed by atoms with van der Waals surface area (Å²) in [6.45, 7) is 8.95. The third kappa shape index (κ3) is 5.30. The fourth-order valence-corrected chi connectivity index (χ4v) is 2.18. The lowest BCUT2D eigenvalue weighted by Crippen LogP contribution is -2.26. The Morgan fingerprint density at radius 2 is 2.07 bits per heavy atom. The van der Waals surface area contributed by atoms with E-state index in [1.807, 2.05) is 11.3 Å². The molecule has 1 aromatic rings. The van der Waals surface area contributed by atoms with E-state index in [1.54, 1.807) is 0 Å². The monoisotopic (exact) mass is 227 g/mol. The van der Waals surface area contributed by atoms with Crippen molar-refractivity contribution in [3.05, 3.63) is 21.9 Å². The van der Waals surface area contributed by atoms with Crippen molar-refractivity contribution < 1.29 is 4.74 Å². The molecule has 15 heavy (non-hydrogen) atoms. The SMILES string of the molecule is CCc1ccc(COCCNC(C)C)s1. The Morgan fingerprint density at radius 3 is 2.67 bits per heavy atom. The van der Waals surface area contributed by atoms with E-state index in [0.29, 0.717) is 6.04 Å². The van der Waals surface area contributed by atoms with Gasteiger partial charge in [0, 0.05) is 22.3 Å². The maximum atomic E-state index is 5.58. The molecule has 1 rings (SSSR count). The zero-order chi connectivity index (χ0) is 11.1. The van der Waals surface area contributed by atoms with Crippen molar-refractivity contribution in [1.29, 1.82) is 0 Å². The number of thiophene rings is 1. The molecule has 0 spiro atoms. The van der Waals surface area contributed by atoms with E-state index in [9.17, 15) is 0 Å². The molecule has 0 saturated carbocycles. The molecule has 0 aliphatic heterocycles. The normalized spacial score (nSPS) is 11.2. The van der Waals surface area contributed by atoms with Crippen LogP contribution in [0.5, 0.6) is 0 Å². The summed E-state index contributed by atoms with van der Waals surface area (Å²) in [6, 6.07) is 4.90. The van der Waals surface area contributed by atoms with Crippen LogP contribution in [0.2, 0.25) is 0 Å². The van der Waals surface area contributed by atoms with E-state index in [0.717, 1.165) is 26.2 Å². The van der Waals surface area contributed by atoms with Crippen LogP contribution in [-0.4, -0.2) is 19.2 Å². The van der Waals surface area contributed by atoms with E-state index in [1.165, 1.54) is 9.75 Å². The number of rotatable bonds is 7. The molecule has 0 bridgehead atoms. The third-order valence-corrected chi connectivity index (χ3v) is 3.31. The molecule has 1 N–H and O–H groups in total. The molecule has 0 unspecified atom stereocenters. The van der Waals surface area contributed by atoms with Crippen LogP contribution in [0.25, 0.3) is 0 Å². The van der Waals surface area contributed by atoms with Gasteiger partial charge in [-0.05, 0) is 18.6 Å². The van der Waals surface area contributed by atoms with Crippen LogP contribution in [0.15, 0.2) is 12.1 Å². The molecule has 1 heterocycles. The average molecular weight is 227 g/mol. The Labute approximate surface area is 96.7 Å². The summed E-state index contributed by atoms with van der Waals surface area (Å²) >= 11 is 1.85. The summed E-state index contributed by atoms with van der Waals surface area (Å²) in [5.41, 5.74) is 0. The van der Waals surface area contributed by atoms with Gasteiger partial charge in [-0.2, -0.15) is 0 Å². The number of aryl methyl sites for hydroxylation is 1. The van der Waals surface area contributed by atoms with Crippen molar-refractivity contribution in [3.8, 4) is 0 Å². The van der Waals surface area contributed by atoms with E-state index < -0.39 is 0 Å². The van der Waals surface area contributed by atoms with Gasteiger partial charge < -0.3 is 10.1 Å². The lowest BCUT2D eigenvalue weighted by atomic mass is 10.4. The number of nitrogens with one attached hydrogen (secondary N) is 1. The molecule has 0 amide bonds. The predicted octanol–water partition coefficient (Wildman–Crippen LogP) is 2.83. The topological polar surface area (TPSA) is 21.3 Å². The van der Waals surface area contributed by atoms with Gasteiger partial charge in [0.2, 0.25) is 0 Å². The van der Waals surface area contributed by atoms with Gasteiger partial charge >= 0.3 is 0 Å². The molecule has 0 fully saturated rings. The smallest absolute Gasteiger partial charge is 0.0810 e. The Balaban J connectivity index is 2.09. The lowest BCUT2D eigenvalue weighted by molar-refractivity contribution is 0.123. The summed E-state index contributed by atoms with van der Waals surface area (Å²) in [6.07, 6.45) is 1.12. The highest BCUT2D eigenvalue weighted by atomic mass is 32.1. The van der Waals surface area contributed by atoms with E-state index >= 15 is 0 Å². The first-order valence-corrected chi connectivity index (χ1v) is 6.42. The van der Waals surface area contributed by atoms with Crippen LogP contribution >= 0.6 is 11.3 Å². The van der Waals surface area contributed by atoms with Gasteiger partial charge in [0.25, 0.3) is 0 Å². The second kappa shape index (κ2) is 6.99. The van der Waals surface area contributed by atoms with Crippen molar-refractivity contribution in [2.45, 2.75) is 39.8 Å². The highest BCUT2D eigenvalue weighted by Gasteiger charge is 1.98. The van der Waals surface area contributed by atoms with Crippen LogP contribution in [0.1, 0.15) is 30.5 Å². The minimum atomic E-state index is 0.544. The second-order valence-corrected chi connectivity index (χ2v) is 5.14. The molecule has 0 aliphatic carbocycles. The Bertz CT molecular complexity index is 270. The largest absolute Gasteiger partial charge is 0.375 e. The number of hydrogen-bond donors (Lipinski definition) is 1. The molecule has 0 aliphatic rings. The van der Waals surface area contributed by atoms with Crippen LogP contribution in [0.4, 0.5) is 0 Å². The van der Waals surface area contributed by atoms with Crippen molar-refractivity contribution in [3.63, 3.8) is 0 Å². The van der Waals surface area contributed by atoms with Crippen molar-refractivity contribution in [2.24, 2.45) is 0 Å². The Morgan fingerprint density at radius 1 is 1.33 bits per heavy atom. The molecular weight excluding hydrogens is 206 g/mol. The molecule has 86 valence electrons. The highest BCUT2D eigenvalue weighted by molar-refractivity contribution is 7.11. The average Bonchev–Trinajstić information content (AvgIpc) is 2.65. The molecule has 0 radical (unpaired) electrons. The fourth-order valence-electron chi connectivity index (χ4n) is 1.28. The second-order valence-electron chi connectivity index (χ2n) is 3.88. The van der Waals surface area contributed by atoms with Crippen molar-refractivity contribution in [2.75, 3.05) is 13.2 Å². The summed E-state index contributed by atoms with van der Waals surface area (Å²) in [7, 11) is 0. The predicted molar refractivity (Wildman–Crippen MR) is 66.5 cm³/mol. The first-order chi connectivity index (χ1) is 7.22. The van der Waals surface area contributed by atoms with Gasteiger partial charge in [-0.15, -0.1) is 11.3 Å². The zero-order valence-corrected chi connectivity index (χ0v) is 10.7. The highest BCUT2D eigenvalue weighted by Crippen LogP contribution is 2.17. The standard InChI is InChI=1S/C12H21NOS/c1-4-11-5-6-12(15-11)9-14-8-7-13-10(2)3/h5-6,10,13H,4,7-9H2,1-3H3. The molecular formula is C12H21NOS. The van der Waals surface area contributed by atoms with Crippen LogP contribution in [0, 0.1) is 0 Å². The fraction of sp³-hybridized carbons (Fsp3) is 0.667. The van der Waals surface area contributed by atoms with Gasteiger partial charge in [-0.25, -0.2) is 0 Å².